The summed E-state index contributed by atoms with van der Waals surface area (Å²) in [4.78, 5) is 17.6. The van der Waals surface area contributed by atoms with Gasteiger partial charge in [0.25, 0.3) is 11.9 Å². The fraction of sp³-hybridized carbons (Fsp3) is 0.800. The van der Waals surface area contributed by atoms with E-state index in [1.54, 1.807) is 0 Å². The maximum absolute atomic E-state index is 11.6. The molecule has 2 aliphatic heterocycles. The Morgan fingerprint density at radius 1 is 1.47 bits per heavy atom. The summed E-state index contributed by atoms with van der Waals surface area (Å²) in [6.45, 7) is 6.04. The van der Waals surface area contributed by atoms with E-state index in [0.29, 0.717) is 18.9 Å². The standard InChI is InChI=1S/C10H17N3O2/c1-7(2)13-5-3-10(4-6-13)8(14)12-9(11)15-10/h7H,3-6H2,1-2H3,(H2,11,12,14). The van der Waals surface area contributed by atoms with Crippen molar-refractivity contribution >= 4 is 11.9 Å². The Balaban J connectivity index is 2.02. The highest BCUT2D eigenvalue weighted by atomic mass is 16.5. The molecule has 15 heavy (non-hydrogen) atoms. The van der Waals surface area contributed by atoms with Crippen molar-refractivity contribution in [3.8, 4) is 0 Å². The lowest BCUT2D eigenvalue weighted by atomic mass is 9.90. The second-order valence-electron chi connectivity index (χ2n) is 4.48. The number of nitrogens with two attached hydrogens (primary N) is 1. The number of carbonyl (C=O) groups is 1. The molecule has 2 aliphatic rings. The average molecular weight is 211 g/mol. The Kier molecular flexibility index (Phi) is 2.42. The lowest BCUT2D eigenvalue weighted by Gasteiger charge is -2.38. The van der Waals surface area contributed by atoms with Crippen LogP contribution in [0.5, 0.6) is 0 Å². The number of ether oxygens (including phenoxy) is 1. The molecule has 1 amide bonds. The van der Waals surface area contributed by atoms with Crippen molar-refractivity contribution in [1.82, 2.24) is 4.90 Å². The molecule has 84 valence electrons. The fourth-order valence-electron chi connectivity index (χ4n) is 2.19. The summed E-state index contributed by atoms with van der Waals surface area (Å²) in [5.41, 5.74) is 4.68. The van der Waals surface area contributed by atoms with Gasteiger partial charge in [-0.15, -0.1) is 0 Å². The minimum atomic E-state index is -0.741. The van der Waals surface area contributed by atoms with Crippen LogP contribution in [0.3, 0.4) is 0 Å². The summed E-state index contributed by atoms with van der Waals surface area (Å²) >= 11 is 0. The number of hydrogen-bond acceptors (Lipinski definition) is 4. The minimum absolute atomic E-state index is 0.0259. The predicted molar refractivity (Wildman–Crippen MR) is 56.4 cm³/mol. The Morgan fingerprint density at radius 2 is 2.07 bits per heavy atom. The van der Waals surface area contributed by atoms with Gasteiger partial charge in [0.2, 0.25) is 0 Å². The van der Waals surface area contributed by atoms with Crippen molar-refractivity contribution in [3.05, 3.63) is 0 Å². The average Bonchev–Trinajstić information content (AvgIpc) is 2.42. The van der Waals surface area contributed by atoms with Crippen LogP contribution >= 0.6 is 0 Å². The summed E-state index contributed by atoms with van der Waals surface area (Å²) < 4.78 is 5.38. The minimum Gasteiger partial charge on any atom is -0.448 e. The van der Waals surface area contributed by atoms with Crippen molar-refractivity contribution in [1.29, 1.82) is 0 Å². The number of nitrogens with zero attached hydrogens (tertiary/aromatic N) is 2. The van der Waals surface area contributed by atoms with Crippen LogP contribution in [0.25, 0.3) is 0 Å². The van der Waals surface area contributed by atoms with Crippen molar-refractivity contribution in [2.75, 3.05) is 13.1 Å². The molecular formula is C10H17N3O2. The first-order valence-electron chi connectivity index (χ1n) is 5.35. The smallest absolute Gasteiger partial charge is 0.294 e. The van der Waals surface area contributed by atoms with E-state index in [0.717, 1.165) is 13.1 Å². The zero-order chi connectivity index (χ0) is 11.1. The zero-order valence-electron chi connectivity index (χ0n) is 9.19. The third kappa shape index (κ3) is 1.71. The first kappa shape index (κ1) is 10.4. The van der Waals surface area contributed by atoms with Gasteiger partial charge in [0, 0.05) is 32.0 Å². The van der Waals surface area contributed by atoms with Gasteiger partial charge in [-0.05, 0) is 13.8 Å². The van der Waals surface area contributed by atoms with Crippen molar-refractivity contribution in [3.63, 3.8) is 0 Å². The Labute approximate surface area is 89.3 Å². The Hall–Kier alpha value is -1.10. The van der Waals surface area contributed by atoms with E-state index in [1.807, 2.05) is 0 Å². The molecule has 0 aliphatic carbocycles. The molecular weight excluding hydrogens is 194 g/mol. The van der Waals surface area contributed by atoms with Gasteiger partial charge in [0.1, 0.15) is 0 Å². The Morgan fingerprint density at radius 3 is 2.47 bits per heavy atom. The van der Waals surface area contributed by atoms with Crippen molar-refractivity contribution < 1.29 is 9.53 Å². The topological polar surface area (TPSA) is 67.9 Å². The molecule has 0 aromatic heterocycles. The lowest BCUT2D eigenvalue weighted by molar-refractivity contribution is -0.135. The van der Waals surface area contributed by atoms with E-state index in [9.17, 15) is 4.79 Å². The fourth-order valence-corrected chi connectivity index (χ4v) is 2.19. The van der Waals surface area contributed by atoms with Crippen LogP contribution in [-0.4, -0.2) is 41.6 Å². The number of rotatable bonds is 1. The van der Waals surface area contributed by atoms with E-state index < -0.39 is 5.60 Å². The van der Waals surface area contributed by atoms with Gasteiger partial charge in [-0.25, -0.2) is 0 Å². The summed E-state index contributed by atoms with van der Waals surface area (Å²) in [5.74, 6) is -0.205. The molecule has 0 unspecified atom stereocenters. The highest BCUT2D eigenvalue weighted by Crippen LogP contribution is 2.31. The second kappa shape index (κ2) is 3.48. The number of amides is 1. The number of aliphatic imine (C=N–C) groups is 1. The molecule has 0 radical (unpaired) electrons. The van der Waals surface area contributed by atoms with Crippen LogP contribution in [0.4, 0.5) is 0 Å². The molecule has 2 N–H and O–H groups in total. The van der Waals surface area contributed by atoms with Gasteiger partial charge in [-0.2, -0.15) is 4.99 Å². The van der Waals surface area contributed by atoms with Crippen LogP contribution in [0.15, 0.2) is 4.99 Å². The van der Waals surface area contributed by atoms with E-state index >= 15 is 0 Å². The van der Waals surface area contributed by atoms with Gasteiger partial charge < -0.3 is 15.4 Å². The van der Waals surface area contributed by atoms with Crippen molar-refractivity contribution in [2.45, 2.75) is 38.3 Å². The third-order valence-corrected chi connectivity index (χ3v) is 3.24. The molecule has 5 heteroatoms. The highest BCUT2D eigenvalue weighted by Gasteiger charge is 2.48. The quantitative estimate of drug-likeness (QED) is 0.668. The third-order valence-electron chi connectivity index (χ3n) is 3.24. The first-order valence-corrected chi connectivity index (χ1v) is 5.35. The van der Waals surface area contributed by atoms with E-state index in [1.165, 1.54) is 0 Å². The number of hydrogen-bond donors (Lipinski definition) is 1. The summed E-state index contributed by atoms with van der Waals surface area (Å²) in [7, 11) is 0. The van der Waals surface area contributed by atoms with Gasteiger partial charge in [-0.3, -0.25) is 4.79 Å². The van der Waals surface area contributed by atoms with Crippen LogP contribution in [0, 0.1) is 0 Å². The summed E-state index contributed by atoms with van der Waals surface area (Å²) in [6.07, 6.45) is 1.38. The number of piperidine rings is 1. The molecule has 0 aromatic carbocycles. The normalized spacial score (nSPS) is 25.8. The van der Waals surface area contributed by atoms with Crippen molar-refractivity contribution in [2.24, 2.45) is 10.7 Å². The molecule has 2 heterocycles. The summed E-state index contributed by atoms with van der Waals surface area (Å²) in [5, 5.41) is 0. The molecule has 5 nitrogen and oxygen atoms in total. The largest absolute Gasteiger partial charge is 0.448 e. The zero-order valence-corrected chi connectivity index (χ0v) is 9.19. The molecule has 1 spiro atoms. The Bertz CT molecular complexity index is 304. The lowest BCUT2D eigenvalue weighted by Crippen LogP contribution is -2.50. The molecule has 0 bridgehead atoms. The predicted octanol–water partition coefficient (Wildman–Crippen LogP) is 0.101. The molecule has 1 saturated heterocycles. The number of likely N-dealkylation sites (tertiary alicyclic amines) is 1. The SMILES string of the molecule is CC(C)N1CCC2(CC1)OC(N)=NC2=O. The molecule has 2 rings (SSSR count). The van der Waals surface area contributed by atoms with Gasteiger partial charge in [-0.1, -0.05) is 0 Å². The van der Waals surface area contributed by atoms with Crippen LogP contribution < -0.4 is 5.73 Å². The van der Waals surface area contributed by atoms with E-state index in [4.69, 9.17) is 10.5 Å². The number of carbonyl (C=O) groups excluding carboxylic acids is 1. The maximum Gasteiger partial charge on any atom is 0.294 e. The van der Waals surface area contributed by atoms with Gasteiger partial charge in [0.15, 0.2) is 5.60 Å². The van der Waals surface area contributed by atoms with Crippen LogP contribution in [-0.2, 0) is 9.53 Å². The van der Waals surface area contributed by atoms with E-state index in [-0.39, 0.29) is 11.9 Å². The first-order chi connectivity index (χ1) is 7.03. The highest BCUT2D eigenvalue weighted by molar-refractivity contribution is 6.00. The number of amidine groups is 1. The molecule has 0 atom stereocenters. The summed E-state index contributed by atoms with van der Waals surface area (Å²) in [6, 6.07) is 0.537. The maximum atomic E-state index is 11.6. The molecule has 0 saturated carbocycles. The van der Waals surface area contributed by atoms with Gasteiger partial charge >= 0.3 is 0 Å². The van der Waals surface area contributed by atoms with E-state index in [2.05, 4.69) is 23.7 Å². The van der Waals surface area contributed by atoms with Crippen LogP contribution in [0.1, 0.15) is 26.7 Å². The van der Waals surface area contributed by atoms with Crippen LogP contribution in [0.2, 0.25) is 0 Å². The monoisotopic (exact) mass is 211 g/mol. The molecule has 1 fully saturated rings. The van der Waals surface area contributed by atoms with Gasteiger partial charge in [0.05, 0.1) is 0 Å². The molecule has 0 aromatic rings. The second-order valence-corrected chi connectivity index (χ2v) is 4.48.